The van der Waals surface area contributed by atoms with Crippen molar-refractivity contribution in [3.8, 4) is 11.5 Å². The lowest BCUT2D eigenvalue weighted by Crippen LogP contribution is -2.44. The van der Waals surface area contributed by atoms with E-state index in [1.807, 2.05) is 24.1 Å². The Labute approximate surface area is 226 Å². The van der Waals surface area contributed by atoms with Crippen LogP contribution in [-0.2, 0) is 9.53 Å². The first kappa shape index (κ1) is 26.4. The number of ether oxygens (including phenoxy) is 3. The number of benzene rings is 2. The van der Waals surface area contributed by atoms with Gasteiger partial charge in [0.15, 0.2) is 11.5 Å². The number of aromatic nitrogens is 2. The van der Waals surface area contributed by atoms with Crippen molar-refractivity contribution in [3.05, 3.63) is 47.4 Å². The highest BCUT2D eigenvalue weighted by atomic mass is 35.5. The predicted octanol–water partition coefficient (Wildman–Crippen LogP) is 5.75. The predicted molar refractivity (Wildman–Crippen MR) is 144 cm³/mol. The van der Waals surface area contributed by atoms with Crippen molar-refractivity contribution in [3.63, 3.8) is 0 Å². The van der Waals surface area contributed by atoms with Crippen LogP contribution < -0.4 is 14.8 Å². The van der Waals surface area contributed by atoms with Gasteiger partial charge < -0.3 is 24.4 Å². The lowest BCUT2D eigenvalue weighted by molar-refractivity contribution is -0.140. The highest BCUT2D eigenvalue weighted by molar-refractivity contribution is 6.31. The van der Waals surface area contributed by atoms with Crippen LogP contribution in [0.1, 0.15) is 38.5 Å². The second-order valence-electron chi connectivity index (χ2n) is 9.89. The largest absolute Gasteiger partial charge is 0.493 e. The smallest absolute Gasteiger partial charge is 0.227 e. The fourth-order valence-electron chi connectivity index (χ4n) is 5.20. The molecule has 0 spiro atoms. The van der Waals surface area contributed by atoms with Crippen molar-refractivity contribution in [1.82, 2.24) is 14.9 Å². The molecule has 0 radical (unpaired) electrons. The third kappa shape index (κ3) is 5.94. The number of nitrogens with zero attached hydrogens (tertiary/aromatic N) is 3. The number of carbonyl (C=O) groups is 1. The van der Waals surface area contributed by atoms with Crippen LogP contribution in [-0.4, -0.2) is 60.3 Å². The van der Waals surface area contributed by atoms with E-state index >= 15 is 0 Å². The molecule has 5 rings (SSSR count). The Bertz CT molecular complexity index is 1300. The molecule has 10 heteroatoms. The van der Waals surface area contributed by atoms with Crippen molar-refractivity contribution in [2.24, 2.45) is 5.92 Å². The van der Waals surface area contributed by atoms with Crippen LogP contribution in [0.4, 0.5) is 16.0 Å². The summed E-state index contributed by atoms with van der Waals surface area (Å²) in [6.07, 6.45) is 6.88. The lowest BCUT2D eigenvalue weighted by Gasteiger charge is -2.37. The minimum absolute atomic E-state index is 0.0193. The van der Waals surface area contributed by atoms with E-state index in [2.05, 4.69) is 15.3 Å². The molecular formula is C28H32ClFN4O4. The minimum atomic E-state index is -0.488. The molecule has 1 saturated heterocycles. The van der Waals surface area contributed by atoms with E-state index in [1.165, 1.54) is 12.1 Å². The molecule has 0 bridgehead atoms. The van der Waals surface area contributed by atoms with E-state index in [0.29, 0.717) is 41.9 Å². The Morgan fingerprint density at radius 1 is 1.11 bits per heavy atom. The van der Waals surface area contributed by atoms with Gasteiger partial charge in [0.05, 0.1) is 23.8 Å². The van der Waals surface area contributed by atoms with E-state index in [0.717, 1.165) is 43.9 Å². The van der Waals surface area contributed by atoms with Crippen LogP contribution in [0.25, 0.3) is 10.9 Å². The van der Waals surface area contributed by atoms with E-state index in [9.17, 15) is 9.18 Å². The molecule has 38 heavy (non-hydrogen) atoms. The second kappa shape index (κ2) is 11.7. The first-order valence-corrected chi connectivity index (χ1v) is 13.4. The van der Waals surface area contributed by atoms with Gasteiger partial charge in [-0.25, -0.2) is 14.4 Å². The maximum Gasteiger partial charge on any atom is 0.227 e. The molecule has 2 aliphatic rings. The summed E-state index contributed by atoms with van der Waals surface area (Å²) in [6, 6.07) is 8.28. The van der Waals surface area contributed by atoms with Crippen molar-refractivity contribution in [2.75, 3.05) is 32.7 Å². The van der Waals surface area contributed by atoms with Gasteiger partial charge in [0, 0.05) is 55.6 Å². The highest BCUT2D eigenvalue weighted by Gasteiger charge is 2.32. The quantitative estimate of drug-likeness (QED) is 0.407. The SMILES string of the molecule is COc1cc2nc(Nc3ccc(F)c(Cl)c3)ncc2cc1OC1CCC(N(C)C(=O)C2CCOCC2)CC1. The van der Waals surface area contributed by atoms with Crippen LogP contribution in [0.3, 0.4) is 0 Å². The molecule has 202 valence electrons. The Kier molecular flexibility index (Phi) is 8.14. The van der Waals surface area contributed by atoms with E-state index in [4.69, 9.17) is 25.8 Å². The van der Waals surface area contributed by atoms with Crippen LogP contribution >= 0.6 is 11.6 Å². The van der Waals surface area contributed by atoms with Gasteiger partial charge in [-0.15, -0.1) is 0 Å². The zero-order valence-corrected chi connectivity index (χ0v) is 22.3. The van der Waals surface area contributed by atoms with Crippen LogP contribution in [0.5, 0.6) is 11.5 Å². The van der Waals surface area contributed by atoms with Crippen molar-refractivity contribution < 1.29 is 23.4 Å². The number of fused-ring (bicyclic) bond motifs is 1. The molecule has 8 nitrogen and oxygen atoms in total. The number of amides is 1. The number of nitrogens with one attached hydrogen (secondary N) is 1. The monoisotopic (exact) mass is 542 g/mol. The number of halogens is 2. The zero-order valence-electron chi connectivity index (χ0n) is 21.6. The summed E-state index contributed by atoms with van der Waals surface area (Å²) in [6.45, 7) is 1.34. The van der Waals surface area contributed by atoms with Crippen LogP contribution in [0, 0.1) is 11.7 Å². The summed E-state index contributed by atoms with van der Waals surface area (Å²) in [4.78, 5) is 23.8. The van der Waals surface area contributed by atoms with E-state index in [-0.39, 0.29) is 29.0 Å². The number of hydrogen-bond donors (Lipinski definition) is 1. The van der Waals surface area contributed by atoms with Gasteiger partial charge in [0.1, 0.15) is 5.82 Å². The molecule has 1 aliphatic carbocycles. The molecule has 1 amide bonds. The van der Waals surface area contributed by atoms with Gasteiger partial charge >= 0.3 is 0 Å². The second-order valence-corrected chi connectivity index (χ2v) is 10.3. The standard InChI is InChI=1S/C28H32ClFN4O4/c1-34(27(35)17-9-11-37-12-10-17)20-4-6-21(7-5-20)38-26-13-18-16-31-28(33-24(18)15-25(26)36-2)32-19-3-8-23(30)22(29)14-19/h3,8,13-17,20-21H,4-7,9-12H2,1-2H3,(H,31,32,33). The summed E-state index contributed by atoms with van der Waals surface area (Å²) in [7, 11) is 3.53. The average molecular weight is 543 g/mol. The molecule has 1 N–H and O–H groups in total. The average Bonchev–Trinajstić information content (AvgIpc) is 2.95. The maximum atomic E-state index is 13.5. The number of anilines is 2. The molecule has 2 heterocycles. The molecule has 1 aliphatic heterocycles. The first-order valence-electron chi connectivity index (χ1n) is 13.0. The van der Waals surface area contributed by atoms with E-state index < -0.39 is 5.82 Å². The molecular weight excluding hydrogens is 511 g/mol. The third-order valence-electron chi connectivity index (χ3n) is 7.44. The summed E-state index contributed by atoms with van der Waals surface area (Å²) in [5.41, 5.74) is 1.26. The summed E-state index contributed by atoms with van der Waals surface area (Å²) in [5.74, 6) is 1.42. The number of rotatable bonds is 7. The molecule has 0 unspecified atom stereocenters. The molecule has 2 fully saturated rings. The van der Waals surface area contributed by atoms with Gasteiger partial charge in [-0.1, -0.05) is 11.6 Å². The van der Waals surface area contributed by atoms with Crippen LogP contribution in [0.15, 0.2) is 36.5 Å². The molecule has 2 aromatic carbocycles. The first-order chi connectivity index (χ1) is 18.4. The van der Waals surface area contributed by atoms with Crippen molar-refractivity contribution in [1.29, 1.82) is 0 Å². The Morgan fingerprint density at radius 2 is 1.87 bits per heavy atom. The number of methoxy groups -OCH3 is 1. The summed E-state index contributed by atoms with van der Waals surface area (Å²) < 4.78 is 30.8. The molecule has 1 saturated carbocycles. The Hall–Kier alpha value is -3.17. The zero-order chi connectivity index (χ0) is 26.6. The van der Waals surface area contributed by atoms with E-state index in [1.54, 1.807) is 19.4 Å². The van der Waals surface area contributed by atoms with Crippen LogP contribution in [0.2, 0.25) is 5.02 Å². The van der Waals surface area contributed by atoms with Gasteiger partial charge in [-0.3, -0.25) is 4.79 Å². The highest BCUT2D eigenvalue weighted by Crippen LogP contribution is 2.36. The maximum absolute atomic E-state index is 13.5. The molecule has 0 atom stereocenters. The number of carbonyl (C=O) groups excluding carboxylic acids is 1. The summed E-state index contributed by atoms with van der Waals surface area (Å²) in [5, 5.41) is 3.87. The summed E-state index contributed by atoms with van der Waals surface area (Å²) >= 11 is 5.87. The minimum Gasteiger partial charge on any atom is -0.493 e. The number of hydrogen-bond acceptors (Lipinski definition) is 7. The van der Waals surface area contributed by atoms with Gasteiger partial charge in [-0.2, -0.15) is 0 Å². The lowest BCUT2D eigenvalue weighted by atomic mass is 9.90. The topological polar surface area (TPSA) is 85.8 Å². The van der Waals surface area contributed by atoms with Crippen molar-refractivity contribution >= 4 is 40.0 Å². The van der Waals surface area contributed by atoms with Gasteiger partial charge in [0.25, 0.3) is 0 Å². The molecule has 3 aromatic rings. The van der Waals surface area contributed by atoms with Gasteiger partial charge in [-0.05, 0) is 62.8 Å². The van der Waals surface area contributed by atoms with Gasteiger partial charge in [0.2, 0.25) is 11.9 Å². The normalized spacial score (nSPS) is 20.2. The van der Waals surface area contributed by atoms with Crippen molar-refractivity contribution in [2.45, 2.75) is 50.7 Å². The fourth-order valence-corrected chi connectivity index (χ4v) is 5.38. The fraction of sp³-hybridized carbons (Fsp3) is 0.464. The molecule has 1 aromatic heterocycles. The Morgan fingerprint density at radius 3 is 2.58 bits per heavy atom. The Balaban J connectivity index is 1.23. The third-order valence-corrected chi connectivity index (χ3v) is 7.73.